The number of aromatic nitrogens is 1. The zero-order valence-electron chi connectivity index (χ0n) is 18.6. The molecule has 11 heteroatoms. The van der Waals surface area contributed by atoms with Crippen molar-refractivity contribution in [3.8, 4) is 0 Å². The Kier molecular flexibility index (Phi) is 7.60. The number of rotatable bonds is 6. The molecule has 0 radical (unpaired) electrons. The van der Waals surface area contributed by atoms with E-state index in [0.717, 1.165) is 16.5 Å². The first-order chi connectivity index (χ1) is 15.5. The molecule has 182 valence electrons. The van der Waals surface area contributed by atoms with Gasteiger partial charge < -0.3 is 44.9 Å². The summed E-state index contributed by atoms with van der Waals surface area (Å²) in [5.74, 6) is -0.836. The van der Waals surface area contributed by atoms with E-state index in [1.54, 1.807) is 27.0 Å². The molecule has 0 bridgehead atoms. The van der Waals surface area contributed by atoms with Gasteiger partial charge in [-0.2, -0.15) is 0 Å². The number of carbonyl (C=O) groups is 2. The number of aliphatic hydroxyl groups is 4. The van der Waals surface area contributed by atoms with Crippen molar-refractivity contribution in [1.29, 1.82) is 0 Å². The lowest BCUT2D eigenvalue weighted by Gasteiger charge is -2.38. The Labute approximate surface area is 190 Å². The first-order valence-electron chi connectivity index (χ1n) is 10.5. The summed E-state index contributed by atoms with van der Waals surface area (Å²) >= 11 is 0. The van der Waals surface area contributed by atoms with Crippen LogP contribution in [0.1, 0.15) is 26.3 Å². The third-order valence-corrected chi connectivity index (χ3v) is 5.15. The molecule has 0 saturated carbocycles. The first-order valence-corrected chi connectivity index (χ1v) is 10.5. The Balaban J connectivity index is 1.72. The molecular weight excluding hydrogens is 436 g/mol. The summed E-state index contributed by atoms with van der Waals surface area (Å²) in [6.07, 6.45) is -7.01. The number of hydrogen-bond acceptors (Lipinski definition) is 9. The largest absolute Gasteiger partial charge is 0.461 e. The number of hydrogen-bond donors (Lipinski definition) is 6. The van der Waals surface area contributed by atoms with Gasteiger partial charge in [0.25, 0.3) is 0 Å². The van der Waals surface area contributed by atoms with Crippen LogP contribution in [0.15, 0.2) is 30.5 Å². The van der Waals surface area contributed by atoms with Gasteiger partial charge in [-0.15, -0.1) is 0 Å². The highest BCUT2D eigenvalue weighted by molar-refractivity contribution is 5.86. The molecule has 1 aliphatic heterocycles. The molecule has 1 amide bonds. The van der Waals surface area contributed by atoms with E-state index < -0.39 is 61.0 Å². The fourth-order valence-corrected chi connectivity index (χ4v) is 3.50. The summed E-state index contributed by atoms with van der Waals surface area (Å²) in [5.41, 5.74) is 0.829. The fourth-order valence-electron chi connectivity index (χ4n) is 3.50. The summed E-state index contributed by atoms with van der Waals surface area (Å²) < 4.78 is 15.5. The number of alkyl carbamates (subject to hydrolysis) is 1. The van der Waals surface area contributed by atoms with Crippen LogP contribution in [0.2, 0.25) is 0 Å². The van der Waals surface area contributed by atoms with Gasteiger partial charge >= 0.3 is 12.1 Å². The summed E-state index contributed by atoms with van der Waals surface area (Å²) in [5, 5.41) is 42.4. The minimum Gasteiger partial charge on any atom is -0.461 e. The van der Waals surface area contributed by atoms with E-state index in [1.165, 1.54) is 0 Å². The molecule has 1 fully saturated rings. The Morgan fingerprint density at radius 2 is 1.82 bits per heavy atom. The van der Waals surface area contributed by atoms with Crippen molar-refractivity contribution in [1.82, 2.24) is 10.3 Å². The van der Waals surface area contributed by atoms with Gasteiger partial charge in [-0.1, -0.05) is 18.2 Å². The molecule has 0 aliphatic carbocycles. The molecule has 6 atom stereocenters. The monoisotopic (exact) mass is 466 g/mol. The molecule has 2 aromatic rings. The fraction of sp³-hybridized carbons (Fsp3) is 0.545. The van der Waals surface area contributed by atoms with Crippen LogP contribution in [-0.2, 0) is 25.4 Å². The van der Waals surface area contributed by atoms with Crippen molar-refractivity contribution in [3.05, 3.63) is 36.0 Å². The van der Waals surface area contributed by atoms with E-state index in [0.29, 0.717) is 0 Å². The predicted octanol–water partition coefficient (Wildman–Crippen LogP) is -0.0532. The molecule has 11 nitrogen and oxygen atoms in total. The summed E-state index contributed by atoms with van der Waals surface area (Å²) in [6.45, 7) is 4.53. The summed E-state index contributed by atoms with van der Waals surface area (Å²) in [7, 11) is 0. The normalized spacial score (nSPS) is 26.6. The molecule has 1 aromatic heterocycles. The minimum absolute atomic E-state index is 0.0835. The number of carbonyl (C=O) groups excluding carboxylic acids is 2. The van der Waals surface area contributed by atoms with E-state index in [9.17, 15) is 30.0 Å². The number of ether oxygens (including phenoxy) is 3. The lowest BCUT2D eigenvalue weighted by Crippen LogP contribution is -2.59. The third-order valence-electron chi connectivity index (χ3n) is 5.15. The maximum absolute atomic E-state index is 12.9. The van der Waals surface area contributed by atoms with Gasteiger partial charge in [0.15, 0.2) is 6.29 Å². The molecule has 3 rings (SSSR count). The number of amides is 1. The number of para-hydroxylation sites is 1. The number of esters is 1. The van der Waals surface area contributed by atoms with Gasteiger partial charge in [0, 0.05) is 23.5 Å². The number of aliphatic hydroxyl groups excluding tert-OH is 4. The number of H-pyrrole nitrogens is 1. The number of benzene rings is 1. The van der Waals surface area contributed by atoms with E-state index in [-0.39, 0.29) is 6.42 Å². The maximum Gasteiger partial charge on any atom is 0.408 e. The van der Waals surface area contributed by atoms with E-state index in [2.05, 4.69) is 10.3 Å². The van der Waals surface area contributed by atoms with Crippen LogP contribution in [0.25, 0.3) is 10.9 Å². The molecule has 4 unspecified atom stereocenters. The summed E-state index contributed by atoms with van der Waals surface area (Å²) in [6, 6.07) is 6.32. The molecule has 6 N–H and O–H groups in total. The Morgan fingerprint density at radius 1 is 1.12 bits per heavy atom. The van der Waals surface area contributed by atoms with Gasteiger partial charge in [0.1, 0.15) is 42.7 Å². The third kappa shape index (κ3) is 6.21. The van der Waals surface area contributed by atoms with Gasteiger partial charge in [-0.3, -0.25) is 0 Å². The van der Waals surface area contributed by atoms with Crippen molar-refractivity contribution < 1.29 is 44.2 Å². The quantitative estimate of drug-likeness (QED) is 0.319. The van der Waals surface area contributed by atoms with Crippen molar-refractivity contribution in [2.45, 2.75) is 69.5 Å². The zero-order chi connectivity index (χ0) is 24.3. The molecule has 1 aliphatic rings. The van der Waals surface area contributed by atoms with Crippen LogP contribution in [0.3, 0.4) is 0 Å². The highest BCUT2D eigenvalue weighted by atomic mass is 16.7. The van der Waals surface area contributed by atoms with E-state index in [4.69, 9.17) is 14.2 Å². The Hall–Kier alpha value is -2.70. The van der Waals surface area contributed by atoms with Crippen LogP contribution < -0.4 is 5.32 Å². The lowest BCUT2D eigenvalue weighted by atomic mass is 9.99. The van der Waals surface area contributed by atoms with Crippen LogP contribution in [-0.4, -0.2) is 86.4 Å². The van der Waals surface area contributed by atoms with Gasteiger partial charge in [0.2, 0.25) is 0 Å². The second-order valence-electron chi connectivity index (χ2n) is 8.93. The molecule has 1 saturated heterocycles. The predicted molar refractivity (Wildman–Crippen MR) is 115 cm³/mol. The van der Waals surface area contributed by atoms with Crippen LogP contribution in [0, 0.1) is 0 Å². The second kappa shape index (κ2) is 10.1. The van der Waals surface area contributed by atoms with E-state index >= 15 is 0 Å². The summed E-state index contributed by atoms with van der Waals surface area (Å²) in [4.78, 5) is 28.3. The number of aromatic amines is 1. The molecule has 0 spiro atoms. The highest BCUT2D eigenvalue weighted by Gasteiger charge is 2.43. The van der Waals surface area contributed by atoms with E-state index in [1.807, 2.05) is 24.3 Å². The van der Waals surface area contributed by atoms with Gasteiger partial charge in [-0.25, -0.2) is 9.59 Å². The van der Waals surface area contributed by atoms with Gasteiger partial charge in [0.05, 0.1) is 0 Å². The smallest absolute Gasteiger partial charge is 0.408 e. The van der Waals surface area contributed by atoms with Crippen molar-refractivity contribution in [2.75, 3.05) is 6.61 Å². The molecule has 2 heterocycles. The molecule has 33 heavy (non-hydrogen) atoms. The molecular formula is C22H30N2O9. The topological polar surface area (TPSA) is 171 Å². The molecule has 1 aromatic carbocycles. The van der Waals surface area contributed by atoms with Crippen LogP contribution in [0.5, 0.6) is 0 Å². The van der Waals surface area contributed by atoms with Gasteiger partial charge in [-0.05, 0) is 32.4 Å². The maximum atomic E-state index is 12.9. The average molecular weight is 466 g/mol. The first kappa shape index (κ1) is 24.9. The van der Waals surface area contributed by atoms with Crippen molar-refractivity contribution >= 4 is 23.0 Å². The minimum atomic E-state index is -1.76. The number of nitrogens with one attached hydrogen (secondary N) is 2. The Bertz CT molecular complexity index is 970. The standard InChI is InChI=1S/C22H30N2O9/c1-22(2,3)33-21(30)24-14(8-11-9-23-13-7-5-4-6-12(11)13)19(28)31-10-15-16(25)17(26)18(27)20(29)32-15/h4-7,9,14-18,20,23,25-27,29H,8,10H2,1-3H3,(H,24,30)/t14-,15?,16?,17?,18?,20-/m1/s1. The average Bonchev–Trinajstić information content (AvgIpc) is 3.14. The highest BCUT2D eigenvalue weighted by Crippen LogP contribution is 2.22. The zero-order valence-corrected chi connectivity index (χ0v) is 18.6. The second-order valence-corrected chi connectivity index (χ2v) is 8.93. The van der Waals surface area contributed by atoms with Crippen LogP contribution >= 0.6 is 0 Å². The SMILES string of the molecule is CC(C)(C)OC(=O)N[C@H](Cc1c[nH]c2ccccc12)C(=O)OCC1O[C@@H](O)C(O)C(O)C1O. The van der Waals surface area contributed by atoms with Crippen molar-refractivity contribution in [3.63, 3.8) is 0 Å². The lowest BCUT2D eigenvalue weighted by molar-refractivity contribution is -0.287. The number of fused-ring (bicyclic) bond motifs is 1. The van der Waals surface area contributed by atoms with Crippen LogP contribution in [0.4, 0.5) is 4.79 Å². The Morgan fingerprint density at radius 3 is 2.52 bits per heavy atom. The van der Waals surface area contributed by atoms with Crippen molar-refractivity contribution in [2.24, 2.45) is 0 Å².